The number of hydrogen-bond acceptors (Lipinski definition) is 4. The summed E-state index contributed by atoms with van der Waals surface area (Å²) in [5, 5.41) is 3.70. The van der Waals surface area contributed by atoms with Crippen LogP contribution >= 0.6 is 23.4 Å². The number of hydrogen-bond donors (Lipinski definition) is 1. The molecule has 1 N–H and O–H groups in total. The second kappa shape index (κ2) is 12.2. The van der Waals surface area contributed by atoms with Gasteiger partial charge in [0.2, 0.25) is 11.8 Å². The van der Waals surface area contributed by atoms with Crippen molar-refractivity contribution in [1.29, 1.82) is 0 Å². The van der Waals surface area contributed by atoms with E-state index >= 15 is 0 Å². The molecule has 0 saturated heterocycles. The first-order valence-corrected chi connectivity index (χ1v) is 12.2. The van der Waals surface area contributed by atoms with Gasteiger partial charge in [-0.05, 0) is 62.6 Å². The third-order valence-corrected chi connectivity index (χ3v) is 6.00. The Morgan fingerprint density at radius 3 is 2.38 bits per heavy atom. The van der Waals surface area contributed by atoms with Gasteiger partial charge in [-0.15, -0.1) is 11.8 Å². The molecule has 2 aromatic carbocycles. The van der Waals surface area contributed by atoms with E-state index in [-0.39, 0.29) is 23.1 Å². The summed E-state index contributed by atoms with van der Waals surface area (Å²) in [5.41, 5.74) is 1.64. The highest BCUT2D eigenvalue weighted by Gasteiger charge is 2.30. The first-order valence-electron chi connectivity index (χ1n) is 10.7. The summed E-state index contributed by atoms with van der Waals surface area (Å²) >= 11 is 7.58. The minimum atomic E-state index is -0.546. The lowest BCUT2D eigenvalue weighted by atomic mass is 10.1. The second-order valence-electron chi connectivity index (χ2n) is 8.66. The van der Waals surface area contributed by atoms with Crippen LogP contribution in [-0.4, -0.2) is 41.2 Å². The smallest absolute Gasteiger partial charge is 0.243 e. The van der Waals surface area contributed by atoms with Gasteiger partial charge in [0.15, 0.2) is 0 Å². The summed E-state index contributed by atoms with van der Waals surface area (Å²) in [5.74, 6) is 1.50. The molecular weight excluding hydrogens is 444 g/mol. The lowest BCUT2D eigenvalue weighted by molar-refractivity contribution is -0.140. The SMILES string of the molecule is CCC(C(=O)NC(C)(C)C)N(Cc1ccc(OC)cc1)C(=O)CSCc1cccc(Cl)c1. The molecule has 5 nitrogen and oxygen atoms in total. The molecule has 0 fully saturated rings. The number of ether oxygens (including phenoxy) is 1. The summed E-state index contributed by atoms with van der Waals surface area (Å²) in [6, 6.07) is 14.7. The van der Waals surface area contributed by atoms with Crippen molar-refractivity contribution in [3.63, 3.8) is 0 Å². The lowest BCUT2D eigenvalue weighted by Gasteiger charge is -2.33. The summed E-state index contributed by atoms with van der Waals surface area (Å²) < 4.78 is 5.23. The zero-order chi connectivity index (χ0) is 23.7. The van der Waals surface area contributed by atoms with Gasteiger partial charge in [-0.25, -0.2) is 0 Å². The van der Waals surface area contributed by atoms with Crippen molar-refractivity contribution >= 4 is 35.2 Å². The quantitative estimate of drug-likeness (QED) is 0.505. The van der Waals surface area contributed by atoms with Crippen LogP contribution in [0.5, 0.6) is 5.75 Å². The van der Waals surface area contributed by atoms with Gasteiger partial charge in [0.1, 0.15) is 11.8 Å². The molecule has 0 aliphatic heterocycles. The van der Waals surface area contributed by atoms with Crippen molar-refractivity contribution in [3.05, 3.63) is 64.7 Å². The van der Waals surface area contributed by atoms with Crippen molar-refractivity contribution in [2.75, 3.05) is 12.9 Å². The summed E-state index contributed by atoms with van der Waals surface area (Å²) in [6.45, 7) is 8.10. The molecule has 7 heteroatoms. The minimum absolute atomic E-state index is 0.0660. The number of methoxy groups -OCH3 is 1. The average molecular weight is 477 g/mol. The van der Waals surface area contributed by atoms with Gasteiger partial charge in [-0.3, -0.25) is 9.59 Å². The molecule has 0 aliphatic carbocycles. The predicted octanol–water partition coefficient (Wildman–Crippen LogP) is 5.30. The second-order valence-corrected chi connectivity index (χ2v) is 10.1. The van der Waals surface area contributed by atoms with Crippen LogP contribution in [0.1, 0.15) is 45.2 Å². The van der Waals surface area contributed by atoms with Crippen molar-refractivity contribution in [3.8, 4) is 5.75 Å². The Hall–Kier alpha value is -2.18. The fraction of sp³-hybridized carbons (Fsp3) is 0.440. The molecule has 0 saturated carbocycles. The predicted molar refractivity (Wildman–Crippen MR) is 133 cm³/mol. The zero-order valence-electron chi connectivity index (χ0n) is 19.5. The third kappa shape index (κ3) is 8.40. The highest BCUT2D eigenvalue weighted by Crippen LogP contribution is 2.20. The molecule has 0 heterocycles. The van der Waals surface area contributed by atoms with E-state index < -0.39 is 6.04 Å². The normalized spacial score (nSPS) is 12.2. The van der Waals surface area contributed by atoms with Gasteiger partial charge in [0.25, 0.3) is 0 Å². The Morgan fingerprint density at radius 2 is 1.81 bits per heavy atom. The first kappa shape index (κ1) is 26.1. The van der Waals surface area contributed by atoms with E-state index in [1.165, 1.54) is 11.8 Å². The maximum absolute atomic E-state index is 13.3. The maximum atomic E-state index is 13.3. The van der Waals surface area contributed by atoms with Gasteiger partial charge in [-0.2, -0.15) is 0 Å². The third-order valence-electron chi connectivity index (χ3n) is 4.78. The zero-order valence-corrected chi connectivity index (χ0v) is 21.1. The summed E-state index contributed by atoms with van der Waals surface area (Å²) in [7, 11) is 1.62. The Bertz CT molecular complexity index is 897. The Kier molecular flexibility index (Phi) is 9.91. The van der Waals surface area contributed by atoms with E-state index in [0.29, 0.717) is 23.7 Å². The number of thioether (sulfide) groups is 1. The Balaban J connectivity index is 2.16. The van der Waals surface area contributed by atoms with Gasteiger partial charge >= 0.3 is 0 Å². The van der Waals surface area contributed by atoms with Crippen molar-refractivity contribution < 1.29 is 14.3 Å². The topological polar surface area (TPSA) is 58.6 Å². The molecule has 0 aromatic heterocycles. The molecule has 0 bridgehead atoms. The monoisotopic (exact) mass is 476 g/mol. The number of carbonyl (C=O) groups excluding carboxylic acids is 2. The molecule has 2 rings (SSSR count). The van der Waals surface area contributed by atoms with Gasteiger partial charge in [0, 0.05) is 22.9 Å². The Morgan fingerprint density at radius 1 is 1.12 bits per heavy atom. The molecule has 0 spiro atoms. The number of nitrogens with zero attached hydrogens (tertiary/aromatic N) is 1. The van der Waals surface area contributed by atoms with Crippen LogP contribution in [-0.2, 0) is 21.9 Å². The number of carbonyl (C=O) groups is 2. The molecule has 1 unspecified atom stereocenters. The lowest BCUT2D eigenvalue weighted by Crippen LogP contribution is -2.53. The fourth-order valence-corrected chi connectivity index (χ4v) is 4.34. The van der Waals surface area contributed by atoms with Gasteiger partial charge in [0.05, 0.1) is 12.9 Å². The molecule has 0 aliphatic rings. The van der Waals surface area contributed by atoms with Gasteiger partial charge < -0.3 is 15.0 Å². The summed E-state index contributed by atoms with van der Waals surface area (Å²) in [4.78, 5) is 28.0. The molecule has 174 valence electrons. The van der Waals surface area contributed by atoms with E-state index in [2.05, 4.69) is 5.32 Å². The molecule has 0 radical (unpaired) electrons. The number of nitrogens with one attached hydrogen (secondary N) is 1. The van der Waals surface area contributed by atoms with Crippen LogP contribution in [0, 0.1) is 0 Å². The van der Waals surface area contributed by atoms with E-state index in [1.807, 2.05) is 76.2 Å². The molecule has 32 heavy (non-hydrogen) atoms. The first-order chi connectivity index (χ1) is 15.1. The number of amides is 2. The standard InChI is InChI=1S/C25H33ClN2O3S/c1-6-22(24(30)27-25(2,3)4)28(15-18-10-12-21(31-5)13-11-18)23(29)17-32-16-19-8-7-9-20(26)14-19/h7-14,22H,6,15-17H2,1-5H3,(H,27,30). The van der Waals surface area contributed by atoms with E-state index in [1.54, 1.807) is 12.0 Å². The van der Waals surface area contributed by atoms with Crippen LogP contribution in [0.4, 0.5) is 0 Å². The highest BCUT2D eigenvalue weighted by atomic mass is 35.5. The number of rotatable bonds is 10. The molecular formula is C25H33ClN2O3S. The van der Waals surface area contributed by atoms with Crippen LogP contribution in [0.25, 0.3) is 0 Å². The van der Waals surface area contributed by atoms with Crippen molar-refractivity contribution in [2.24, 2.45) is 0 Å². The highest BCUT2D eigenvalue weighted by molar-refractivity contribution is 7.99. The van der Waals surface area contributed by atoms with E-state index in [0.717, 1.165) is 16.9 Å². The fourth-order valence-electron chi connectivity index (χ4n) is 3.27. The number of halogens is 1. The average Bonchev–Trinajstić information content (AvgIpc) is 2.72. The molecule has 1 atom stereocenters. The van der Waals surface area contributed by atoms with Crippen LogP contribution < -0.4 is 10.1 Å². The maximum Gasteiger partial charge on any atom is 0.243 e. The minimum Gasteiger partial charge on any atom is -0.497 e. The largest absolute Gasteiger partial charge is 0.497 e. The van der Waals surface area contributed by atoms with Gasteiger partial charge in [-0.1, -0.05) is 42.8 Å². The van der Waals surface area contributed by atoms with Crippen LogP contribution in [0.3, 0.4) is 0 Å². The summed E-state index contributed by atoms with van der Waals surface area (Å²) in [6.07, 6.45) is 0.531. The van der Waals surface area contributed by atoms with Crippen LogP contribution in [0.2, 0.25) is 5.02 Å². The van der Waals surface area contributed by atoms with E-state index in [9.17, 15) is 9.59 Å². The molecule has 2 aromatic rings. The molecule has 2 amide bonds. The number of benzene rings is 2. The van der Waals surface area contributed by atoms with Crippen LogP contribution in [0.15, 0.2) is 48.5 Å². The van der Waals surface area contributed by atoms with E-state index in [4.69, 9.17) is 16.3 Å². The van der Waals surface area contributed by atoms with Crippen molar-refractivity contribution in [1.82, 2.24) is 10.2 Å². The van der Waals surface area contributed by atoms with Crippen molar-refractivity contribution in [2.45, 2.75) is 58.0 Å². The Labute approximate surface area is 200 Å².